The lowest BCUT2D eigenvalue weighted by Gasteiger charge is -2.19. The SMILES string of the molecule is O=C(O)c1ccccc1N1C(=O)[C@@H]2[C@H](C1=O)[C@H]1C=C[C@H]2C1. The second-order valence-corrected chi connectivity index (χ2v) is 5.83. The predicted molar refractivity (Wildman–Crippen MR) is 73.6 cm³/mol. The van der Waals surface area contributed by atoms with E-state index in [1.54, 1.807) is 12.1 Å². The largest absolute Gasteiger partial charge is 0.478 e. The van der Waals surface area contributed by atoms with Crippen molar-refractivity contribution in [3.63, 3.8) is 0 Å². The molecule has 0 radical (unpaired) electrons. The van der Waals surface area contributed by atoms with E-state index < -0.39 is 5.97 Å². The minimum atomic E-state index is -1.13. The number of allylic oxidation sites excluding steroid dienone is 2. The molecule has 1 aromatic rings. The number of amides is 2. The number of hydrogen-bond donors (Lipinski definition) is 1. The van der Waals surface area contributed by atoms with Gasteiger partial charge in [-0.05, 0) is 30.4 Å². The highest BCUT2D eigenvalue weighted by atomic mass is 16.4. The van der Waals surface area contributed by atoms with Crippen molar-refractivity contribution in [3.8, 4) is 0 Å². The van der Waals surface area contributed by atoms with Crippen LogP contribution in [0.25, 0.3) is 0 Å². The molecule has 1 aliphatic heterocycles. The van der Waals surface area contributed by atoms with Crippen LogP contribution in [0.4, 0.5) is 5.69 Å². The molecule has 21 heavy (non-hydrogen) atoms. The highest BCUT2D eigenvalue weighted by Gasteiger charge is 2.59. The van der Waals surface area contributed by atoms with Crippen molar-refractivity contribution in [2.45, 2.75) is 6.42 Å². The van der Waals surface area contributed by atoms with E-state index >= 15 is 0 Å². The standard InChI is InChI=1S/C16H13NO4/c18-14-12-8-5-6-9(7-8)13(12)15(19)17(14)11-4-2-1-3-10(11)16(20)21/h1-6,8-9,12-13H,7H2,(H,20,21)/t8-,9-,12-,13+/m0/s1. The van der Waals surface area contributed by atoms with Crippen molar-refractivity contribution in [1.29, 1.82) is 0 Å². The zero-order chi connectivity index (χ0) is 14.7. The summed E-state index contributed by atoms with van der Waals surface area (Å²) in [7, 11) is 0. The van der Waals surface area contributed by atoms with Crippen LogP contribution >= 0.6 is 0 Å². The minimum Gasteiger partial charge on any atom is -0.478 e. The summed E-state index contributed by atoms with van der Waals surface area (Å²) in [6.07, 6.45) is 4.90. The number of aromatic carboxylic acids is 1. The Morgan fingerprint density at radius 2 is 1.62 bits per heavy atom. The third-order valence-electron chi connectivity index (χ3n) is 4.85. The molecular formula is C16H13NO4. The molecule has 4 atom stereocenters. The van der Waals surface area contributed by atoms with Gasteiger partial charge >= 0.3 is 5.97 Å². The van der Waals surface area contributed by atoms with Crippen molar-refractivity contribution in [3.05, 3.63) is 42.0 Å². The number of rotatable bonds is 2. The van der Waals surface area contributed by atoms with Gasteiger partial charge in [0.2, 0.25) is 11.8 Å². The number of imide groups is 1. The van der Waals surface area contributed by atoms with Gasteiger partial charge in [-0.25, -0.2) is 9.69 Å². The topological polar surface area (TPSA) is 74.7 Å². The highest BCUT2D eigenvalue weighted by molar-refractivity contribution is 6.24. The van der Waals surface area contributed by atoms with Crippen LogP contribution < -0.4 is 4.90 Å². The van der Waals surface area contributed by atoms with Crippen LogP contribution in [0.2, 0.25) is 0 Å². The average molecular weight is 283 g/mol. The summed E-state index contributed by atoms with van der Waals surface area (Å²) in [4.78, 5) is 37.7. The molecule has 0 spiro atoms. The molecule has 5 nitrogen and oxygen atoms in total. The Morgan fingerprint density at radius 1 is 1.05 bits per heavy atom. The van der Waals surface area contributed by atoms with Crippen LogP contribution in [0.15, 0.2) is 36.4 Å². The highest BCUT2D eigenvalue weighted by Crippen LogP contribution is 2.53. The molecule has 106 valence electrons. The summed E-state index contributed by atoms with van der Waals surface area (Å²) in [5.74, 6) is -2.02. The second kappa shape index (κ2) is 4.04. The van der Waals surface area contributed by atoms with Crippen molar-refractivity contribution >= 4 is 23.5 Å². The summed E-state index contributed by atoms with van der Waals surface area (Å²) in [5, 5.41) is 9.26. The Balaban J connectivity index is 1.80. The maximum absolute atomic E-state index is 12.6. The van der Waals surface area contributed by atoms with Crippen molar-refractivity contribution in [2.24, 2.45) is 23.7 Å². The first-order chi connectivity index (χ1) is 10.1. The molecule has 1 heterocycles. The number of para-hydroxylation sites is 1. The molecule has 2 amide bonds. The van der Waals surface area contributed by atoms with Crippen LogP contribution in [0.1, 0.15) is 16.8 Å². The van der Waals surface area contributed by atoms with Gasteiger partial charge in [-0.2, -0.15) is 0 Å². The van der Waals surface area contributed by atoms with E-state index in [4.69, 9.17) is 0 Å². The third kappa shape index (κ3) is 1.48. The summed E-state index contributed by atoms with van der Waals surface area (Å²) >= 11 is 0. The van der Waals surface area contributed by atoms with E-state index in [9.17, 15) is 19.5 Å². The fourth-order valence-electron chi connectivity index (χ4n) is 3.99. The van der Waals surface area contributed by atoms with Gasteiger partial charge in [0.1, 0.15) is 0 Å². The van der Waals surface area contributed by atoms with Gasteiger partial charge in [-0.1, -0.05) is 24.3 Å². The Labute approximate surface area is 120 Å². The van der Waals surface area contributed by atoms with Gasteiger partial charge < -0.3 is 5.11 Å². The van der Waals surface area contributed by atoms with E-state index in [2.05, 4.69) is 0 Å². The molecule has 1 aromatic carbocycles. The number of fused-ring (bicyclic) bond motifs is 5. The van der Waals surface area contributed by atoms with Crippen molar-refractivity contribution < 1.29 is 19.5 Å². The molecule has 0 unspecified atom stereocenters. The Morgan fingerprint density at radius 3 is 2.19 bits per heavy atom. The maximum atomic E-state index is 12.6. The third-order valence-corrected chi connectivity index (χ3v) is 4.85. The summed E-state index contributed by atoms with van der Waals surface area (Å²) in [6, 6.07) is 6.17. The van der Waals surface area contributed by atoms with E-state index in [1.165, 1.54) is 12.1 Å². The Bertz CT molecular complexity index is 678. The molecule has 3 aliphatic rings. The molecule has 5 heteroatoms. The zero-order valence-corrected chi connectivity index (χ0v) is 11.1. The van der Waals surface area contributed by atoms with Crippen LogP contribution in [-0.4, -0.2) is 22.9 Å². The normalized spacial score (nSPS) is 32.9. The van der Waals surface area contributed by atoms with Gasteiger partial charge in [0, 0.05) is 0 Å². The number of carbonyl (C=O) groups is 3. The minimum absolute atomic E-state index is 0.0144. The van der Waals surface area contributed by atoms with Crippen LogP contribution in [-0.2, 0) is 9.59 Å². The Kier molecular flexibility index (Phi) is 2.37. The number of nitrogens with zero attached hydrogens (tertiary/aromatic N) is 1. The second-order valence-electron chi connectivity index (χ2n) is 5.83. The first kappa shape index (κ1) is 12.3. The first-order valence-electron chi connectivity index (χ1n) is 6.98. The molecule has 4 rings (SSSR count). The number of carbonyl (C=O) groups excluding carboxylic acids is 2. The smallest absolute Gasteiger partial charge is 0.337 e. The molecule has 2 fully saturated rings. The predicted octanol–water partition coefficient (Wildman–Crippen LogP) is 1.70. The van der Waals surface area contributed by atoms with Crippen LogP contribution in [0.3, 0.4) is 0 Å². The summed E-state index contributed by atoms with van der Waals surface area (Å²) in [5.41, 5.74) is 0.174. The lowest BCUT2D eigenvalue weighted by molar-refractivity contribution is -0.123. The first-order valence-corrected chi connectivity index (χ1v) is 6.98. The molecule has 1 saturated carbocycles. The van der Waals surface area contributed by atoms with E-state index in [0.29, 0.717) is 0 Å². The van der Waals surface area contributed by atoms with Crippen molar-refractivity contribution in [1.82, 2.24) is 0 Å². The van der Waals surface area contributed by atoms with Gasteiger partial charge in [-0.3, -0.25) is 9.59 Å². The molecule has 2 aliphatic carbocycles. The number of carboxylic acid groups (broad SMARTS) is 1. The van der Waals surface area contributed by atoms with Crippen LogP contribution in [0, 0.1) is 23.7 Å². The van der Waals surface area contributed by atoms with Gasteiger partial charge in [0.25, 0.3) is 0 Å². The number of carboxylic acids is 1. The average Bonchev–Trinajstić information content (AvgIpc) is 3.13. The van der Waals surface area contributed by atoms with Gasteiger partial charge in [0.15, 0.2) is 0 Å². The number of anilines is 1. The maximum Gasteiger partial charge on any atom is 0.337 e. The summed E-state index contributed by atoms with van der Waals surface area (Å²) < 4.78 is 0. The molecule has 1 saturated heterocycles. The molecule has 2 bridgehead atoms. The van der Waals surface area contributed by atoms with Gasteiger partial charge in [-0.15, -0.1) is 0 Å². The number of benzene rings is 1. The fraction of sp³-hybridized carbons (Fsp3) is 0.312. The monoisotopic (exact) mass is 283 g/mol. The van der Waals surface area contributed by atoms with E-state index in [0.717, 1.165) is 11.3 Å². The van der Waals surface area contributed by atoms with Crippen LogP contribution in [0.5, 0.6) is 0 Å². The lowest BCUT2D eigenvalue weighted by Crippen LogP contribution is -2.34. The Hall–Kier alpha value is -2.43. The molecule has 1 N–H and O–H groups in total. The van der Waals surface area contributed by atoms with Gasteiger partial charge in [0.05, 0.1) is 23.1 Å². The van der Waals surface area contributed by atoms with E-state index in [1.807, 2.05) is 12.2 Å². The molecule has 0 aromatic heterocycles. The molecular weight excluding hydrogens is 270 g/mol. The lowest BCUT2D eigenvalue weighted by atomic mass is 9.85. The summed E-state index contributed by atoms with van der Waals surface area (Å²) in [6.45, 7) is 0. The number of hydrogen-bond acceptors (Lipinski definition) is 3. The van der Waals surface area contributed by atoms with Crippen molar-refractivity contribution in [2.75, 3.05) is 4.90 Å². The zero-order valence-electron chi connectivity index (χ0n) is 11.1. The fourth-order valence-corrected chi connectivity index (χ4v) is 3.99. The quantitative estimate of drug-likeness (QED) is 0.662. The van der Waals surface area contributed by atoms with E-state index in [-0.39, 0.29) is 46.7 Å².